The highest BCUT2D eigenvalue weighted by molar-refractivity contribution is 7.89. The second-order valence-corrected chi connectivity index (χ2v) is 11.7. The van der Waals surface area contributed by atoms with Crippen LogP contribution in [0.5, 0.6) is 5.75 Å². The monoisotopic (exact) mass is 556 g/mol. The van der Waals surface area contributed by atoms with Crippen LogP contribution in [0.1, 0.15) is 82.5 Å². The number of para-hydroxylation sites is 1. The number of benzene rings is 2. The fourth-order valence-corrected chi connectivity index (χ4v) is 5.68. The highest BCUT2D eigenvalue weighted by Gasteiger charge is 2.28. The van der Waals surface area contributed by atoms with E-state index in [2.05, 4.69) is 23.5 Å². The minimum absolute atomic E-state index is 0.190. The van der Waals surface area contributed by atoms with Crippen LogP contribution in [-0.4, -0.2) is 51.4 Å². The number of hydrogen-bond donors (Lipinski definition) is 1. The summed E-state index contributed by atoms with van der Waals surface area (Å²) in [5, 5.41) is 0.504. The van der Waals surface area contributed by atoms with Crippen LogP contribution in [0, 0.1) is 0 Å². The minimum atomic E-state index is -4.01. The number of nitrogens with zero attached hydrogens (tertiary/aromatic N) is 1. The molecule has 1 heterocycles. The lowest BCUT2D eigenvalue weighted by molar-refractivity contribution is 0.0948. The third-order valence-corrected chi connectivity index (χ3v) is 8.14. The molecule has 3 aromatic rings. The van der Waals surface area contributed by atoms with Crippen LogP contribution >= 0.6 is 0 Å². The van der Waals surface area contributed by atoms with Crippen LogP contribution in [0.3, 0.4) is 0 Å². The predicted octanol–water partition coefficient (Wildman–Crippen LogP) is 6.82. The Morgan fingerprint density at radius 1 is 0.897 bits per heavy atom. The van der Waals surface area contributed by atoms with E-state index in [0.29, 0.717) is 41.7 Å². The van der Waals surface area contributed by atoms with E-state index in [1.165, 1.54) is 31.7 Å². The summed E-state index contributed by atoms with van der Waals surface area (Å²) in [7, 11) is -4.01. The van der Waals surface area contributed by atoms with Crippen LogP contribution in [0.2, 0.25) is 0 Å². The summed E-state index contributed by atoms with van der Waals surface area (Å²) >= 11 is 0. The van der Waals surface area contributed by atoms with E-state index in [1.54, 1.807) is 42.5 Å². The summed E-state index contributed by atoms with van der Waals surface area (Å²) in [6, 6.07) is 14.7. The van der Waals surface area contributed by atoms with Crippen molar-refractivity contribution in [2.45, 2.75) is 83.3 Å². The molecule has 2 aromatic carbocycles. The molecule has 1 aromatic heterocycles. The lowest BCUT2D eigenvalue weighted by Crippen LogP contribution is -2.40. The zero-order chi connectivity index (χ0) is 28.1. The second kappa shape index (κ2) is 15.8. The molecule has 0 radical (unpaired) electrons. The van der Waals surface area contributed by atoms with E-state index in [0.717, 1.165) is 32.5 Å². The molecule has 8 heteroatoms. The Morgan fingerprint density at radius 2 is 1.54 bits per heavy atom. The number of unbranched alkanes of at least 4 members (excludes halogenated alkanes) is 3. The van der Waals surface area contributed by atoms with Gasteiger partial charge in [-0.1, -0.05) is 64.7 Å². The number of hydrogen-bond acceptors (Lipinski definition) is 6. The number of carbonyl (C=O) groups excluding carboxylic acids is 1. The quantitative estimate of drug-likeness (QED) is 0.129. The van der Waals surface area contributed by atoms with Gasteiger partial charge in [0.05, 0.1) is 12.6 Å². The van der Waals surface area contributed by atoms with Crippen LogP contribution in [0.25, 0.3) is 11.0 Å². The molecule has 1 unspecified atom stereocenters. The predicted molar refractivity (Wildman–Crippen MR) is 157 cm³/mol. The second-order valence-electron chi connectivity index (χ2n) is 10.1. The highest BCUT2D eigenvalue weighted by Crippen LogP contribution is 2.23. The van der Waals surface area contributed by atoms with E-state index in [1.807, 2.05) is 13.0 Å². The first-order chi connectivity index (χ1) is 18.9. The maximum Gasteiger partial charge on any atom is 0.274 e. The van der Waals surface area contributed by atoms with Gasteiger partial charge in [0.15, 0.2) is 5.78 Å². The topological polar surface area (TPSA) is 88.8 Å². The van der Waals surface area contributed by atoms with Crippen LogP contribution in [0.15, 0.2) is 64.1 Å². The highest BCUT2D eigenvalue weighted by atomic mass is 32.2. The maximum atomic E-state index is 13.3. The molecule has 0 bridgehead atoms. The first-order valence-corrected chi connectivity index (χ1v) is 15.9. The number of fused-ring (bicyclic) bond motifs is 1. The molecular formula is C31H44N2O5S. The fraction of sp³-hybridized carbons (Fsp3) is 0.516. The van der Waals surface area contributed by atoms with E-state index in [-0.39, 0.29) is 10.9 Å². The molecule has 7 nitrogen and oxygen atoms in total. The smallest absolute Gasteiger partial charge is 0.274 e. The van der Waals surface area contributed by atoms with Gasteiger partial charge in [-0.3, -0.25) is 4.79 Å². The van der Waals surface area contributed by atoms with Crippen molar-refractivity contribution in [1.82, 2.24) is 9.62 Å². The summed E-state index contributed by atoms with van der Waals surface area (Å²) in [4.78, 5) is 15.9. The number of Topliss-reactive ketones (excluding diaryl/α,β-unsaturated/α-hetero) is 1. The number of carbonyl (C=O) groups is 1. The molecule has 0 aliphatic heterocycles. The number of rotatable bonds is 19. The maximum absolute atomic E-state index is 13.3. The van der Waals surface area contributed by atoms with Gasteiger partial charge in [-0.05, 0) is 69.1 Å². The zero-order valence-electron chi connectivity index (χ0n) is 23.7. The van der Waals surface area contributed by atoms with Crippen molar-refractivity contribution in [3.63, 3.8) is 0 Å². The first-order valence-electron chi connectivity index (χ1n) is 14.4. The molecule has 3 rings (SSSR count). The van der Waals surface area contributed by atoms with Gasteiger partial charge >= 0.3 is 0 Å². The van der Waals surface area contributed by atoms with Crippen molar-refractivity contribution >= 4 is 26.8 Å². The molecule has 0 aliphatic carbocycles. The van der Waals surface area contributed by atoms with Gasteiger partial charge in [0.2, 0.25) is 5.09 Å². The molecule has 0 aliphatic rings. The summed E-state index contributed by atoms with van der Waals surface area (Å²) in [6.45, 7) is 10.3. The Hall–Kier alpha value is -2.68. The molecule has 0 amide bonds. The molecular weight excluding hydrogens is 512 g/mol. The lowest BCUT2D eigenvalue weighted by atomic mass is 10.0. The molecule has 39 heavy (non-hydrogen) atoms. The van der Waals surface area contributed by atoms with Gasteiger partial charge in [-0.2, -0.15) is 4.72 Å². The molecule has 214 valence electrons. The fourth-order valence-electron chi connectivity index (χ4n) is 4.48. The number of furan rings is 1. The number of nitrogens with one attached hydrogen (secondary N) is 1. The van der Waals surface area contributed by atoms with Crippen molar-refractivity contribution in [3.8, 4) is 5.75 Å². The Labute approximate surface area is 234 Å². The van der Waals surface area contributed by atoms with Crippen LogP contribution in [0.4, 0.5) is 0 Å². The normalized spacial score (nSPS) is 12.7. The van der Waals surface area contributed by atoms with E-state index >= 15 is 0 Å². The molecule has 0 saturated heterocycles. The Morgan fingerprint density at radius 3 is 2.18 bits per heavy atom. The Balaban J connectivity index is 1.59. The summed E-state index contributed by atoms with van der Waals surface area (Å²) in [5.74, 6) is 0.436. The zero-order valence-corrected chi connectivity index (χ0v) is 24.5. The Kier molecular flexibility index (Phi) is 12.5. The molecule has 0 spiro atoms. The average Bonchev–Trinajstić information content (AvgIpc) is 3.40. The van der Waals surface area contributed by atoms with Crippen LogP contribution in [-0.2, 0) is 10.0 Å². The largest absolute Gasteiger partial charge is 0.494 e. The third kappa shape index (κ3) is 9.48. The molecule has 1 atom stereocenters. The first kappa shape index (κ1) is 30.9. The van der Waals surface area contributed by atoms with Crippen molar-refractivity contribution in [2.75, 3.05) is 26.2 Å². The SMILES string of the molecule is CCCCC(NS(=O)(=O)c1cc2ccccc2o1)C(=O)c1ccc(OCCCN(CCCC)CCCC)cc1. The van der Waals surface area contributed by atoms with Crippen LogP contribution < -0.4 is 9.46 Å². The van der Waals surface area contributed by atoms with Gasteiger partial charge in [-0.15, -0.1) is 0 Å². The van der Waals surface area contributed by atoms with Gasteiger partial charge < -0.3 is 14.1 Å². The third-order valence-electron chi connectivity index (χ3n) is 6.81. The van der Waals surface area contributed by atoms with E-state index in [4.69, 9.17) is 9.15 Å². The van der Waals surface area contributed by atoms with Crippen molar-refractivity contribution in [2.24, 2.45) is 0 Å². The van der Waals surface area contributed by atoms with Gasteiger partial charge in [0, 0.05) is 23.6 Å². The lowest BCUT2D eigenvalue weighted by Gasteiger charge is -2.21. The van der Waals surface area contributed by atoms with Gasteiger partial charge in [0.1, 0.15) is 11.3 Å². The molecule has 0 saturated carbocycles. The van der Waals surface area contributed by atoms with E-state index in [9.17, 15) is 13.2 Å². The number of ketones is 1. The molecule has 0 fully saturated rings. The summed E-state index contributed by atoms with van der Waals surface area (Å²) in [6.07, 6.45) is 7.73. The van der Waals surface area contributed by atoms with Gasteiger partial charge in [-0.25, -0.2) is 8.42 Å². The van der Waals surface area contributed by atoms with Crippen molar-refractivity contribution < 1.29 is 22.4 Å². The standard InChI is InChI=1S/C31H44N2O5S/c1-4-7-14-28(32-39(35,36)30-24-26-13-10-11-15-29(26)38-30)31(34)25-16-18-27(19-17-25)37-23-12-22-33(20-8-5-2)21-9-6-3/h10-11,13,15-19,24,28,32H,4-9,12,14,20-23H2,1-3H3. The Bertz CT molecular complexity index is 1210. The minimum Gasteiger partial charge on any atom is -0.494 e. The summed E-state index contributed by atoms with van der Waals surface area (Å²) < 4.78 is 40.3. The van der Waals surface area contributed by atoms with Gasteiger partial charge in [0.25, 0.3) is 10.0 Å². The van der Waals surface area contributed by atoms with E-state index < -0.39 is 16.1 Å². The average molecular weight is 557 g/mol. The number of ether oxygens (including phenoxy) is 1. The molecule has 1 N–H and O–H groups in total. The number of sulfonamides is 1. The van der Waals surface area contributed by atoms with Crippen molar-refractivity contribution in [3.05, 3.63) is 60.2 Å². The van der Waals surface area contributed by atoms with Crippen molar-refractivity contribution in [1.29, 1.82) is 0 Å². The summed E-state index contributed by atoms with van der Waals surface area (Å²) in [5.41, 5.74) is 0.931.